The van der Waals surface area contributed by atoms with Crippen molar-refractivity contribution in [3.63, 3.8) is 0 Å². The van der Waals surface area contributed by atoms with Crippen LogP contribution in [0.4, 0.5) is 0 Å². The third-order valence-electron chi connectivity index (χ3n) is 2.20. The molecule has 0 radical (unpaired) electrons. The van der Waals surface area contributed by atoms with Crippen LogP contribution in [-0.4, -0.2) is 15.9 Å². The third-order valence-corrected chi connectivity index (χ3v) is 2.78. The molecule has 0 spiro atoms. The fourth-order valence-electron chi connectivity index (χ4n) is 1.31. The molecule has 5 heteroatoms. The van der Waals surface area contributed by atoms with Crippen molar-refractivity contribution in [3.05, 3.63) is 46.7 Å². The van der Waals surface area contributed by atoms with E-state index in [1.54, 1.807) is 23.3 Å². The Kier molecular flexibility index (Phi) is 3.26. The van der Waals surface area contributed by atoms with E-state index < -0.39 is 0 Å². The highest BCUT2D eigenvalue weighted by molar-refractivity contribution is 7.07. The van der Waals surface area contributed by atoms with Crippen LogP contribution in [0, 0.1) is 0 Å². The van der Waals surface area contributed by atoms with Crippen LogP contribution < -0.4 is 5.32 Å². The number of nitrogens with zero attached hydrogens (tertiary/aromatic N) is 2. The van der Waals surface area contributed by atoms with E-state index in [1.165, 1.54) is 11.3 Å². The molecule has 1 N–H and O–H groups in total. The van der Waals surface area contributed by atoms with Gasteiger partial charge in [-0.1, -0.05) is 6.07 Å². The summed E-state index contributed by atoms with van der Waals surface area (Å²) in [6.07, 6.45) is 3.45. The monoisotopic (exact) mass is 233 g/mol. The molecule has 0 saturated carbocycles. The predicted octanol–water partition coefficient (Wildman–Crippen LogP) is 2.03. The molecule has 0 saturated heterocycles. The number of carbonyl (C=O) groups is 1. The second-order valence-corrected chi connectivity index (χ2v) is 4.07. The lowest BCUT2D eigenvalue weighted by Gasteiger charge is -2.12. The van der Waals surface area contributed by atoms with Crippen LogP contribution in [0.2, 0.25) is 0 Å². The van der Waals surface area contributed by atoms with Gasteiger partial charge in [-0.3, -0.25) is 9.78 Å². The molecule has 1 amide bonds. The van der Waals surface area contributed by atoms with E-state index in [-0.39, 0.29) is 11.9 Å². The lowest BCUT2D eigenvalue weighted by molar-refractivity contribution is 0.0935. The Morgan fingerprint density at radius 3 is 3.06 bits per heavy atom. The molecule has 1 atom stereocenters. The van der Waals surface area contributed by atoms with Crippen LogP contribution in [0.25, 0.3) is 0 Å². The third kappa shape index (κ3) is 2.43. The van der Waals surface area contributed by atoms with Crippen molar-refractivity contribution in [2.24, 2.45) is 0 Å². The van der Waals surface area contributed by atoms with Gasteiger partial charge in [0.25, 0.3) is 5.91 Å². The molecule has 0 aliphatic heterocycles. The Morgan fingerprint density at radius 2 is 2.44 bits per heavy atom. The molecule has 0 aliphatic rings. The Hall–Kier alpha value is -1.75. The van der Waals surface area contributed by atoms with Crippen LogP contribution in [-0.2, 0) is 0 Å². The topological polar surface area (TPSA) is 54.9 Å². The Balaban J connectivity index is 2.03. The van der Waals surface area contributed by atoms with Crippen molar-refractivity contribution in [2.75, 3.05) is 0 Å². The largest absolute Gasteiger partial charge is 0.344 e. The van der Waals surface area contributed by atoms with E-state index in [1.807, 2.05) is 19.1 Å². The van der Waals surface area contributed by atoms with Gasteiger partial charge in [-0.2, -0.15) is 0 Å². The van der Waals surface area contributed by atoms with Crippen molar-refractivity contribution in [3.8, 4) is 0 Å². The van der Waals surface area contributed by atoms with Gasteiger partial charge in [0.15, 0.2) is 0 Å². The summed E-state index contributed by atoms with van der Waals surface area (Å²) in [4.78, 5) is 19.7. The first-order chi connectivity index (χ1) is 7.77. The highest BCUT2D eigenvalue weighted by atomic mass is 32.1. The van der Waals surface area contributed by atoms with E-state index in [9.17, 15) is 4.79 Å². The molecule has 4 nitrogen and oxygen atoms in total. The van der Waals surface area contributed by atoms with Crippen LogP contribution >= 0.6 is 11.3 Å². The first kappa shape index (κ1) is 10.8. The number of rotatable bonds is 3. The number of hydrogen-bond acceptors (Lipinski definition) is 4. The number of carbonyl (C=O) groups excluding carboxylic acids is 1. The maximum absolute atomic E-state index is 11.7. The van der Waals surface area contributed by atoms with E-state index in [2.05, 4.69) is 15.3 Å². The summed E-state index contributed by atoms with van der Waals surface area (Å²) in [6, 6.07) is 3.71. The Labute approximate surface area is 97.4 Å². The minimum Gasteiger partial charge on any atom is -0.344 e. The fraction of sp³-hybridized carbons (Fsp3) is 0.182. The predicted molar refractivity (Wildman–Crippen MR) is 62.2 cm³/mol. The van der Waals surface area contributed by atoms with Gasteiger partial charge in [-0.15, -0.1) is 11.3 Å². The molecular formula is C11H11N3OS. The van der Waals surface area contributed by atoms with Crippen LogP contribution in [0.15, 0.2) is 35.4 Å². The van der Waals surface area contributed by atoms with Crippen molar-refractivity contribution in [1.82, 2.24) is 15.3 Å². The second-order valence-electron chi connectivity index (χ2n) is 3.36. The molecule has 2 heterocycles. The minimum absolute atomic E-state index is 0.0668. The summed E-state index contributed by atoms with van der Waals surface area (Å²) in [7, 11) is 0. The van der Waals surface area contributed by atoms with Crippen LogP contribution in [0.3, 0.4) is 0 Å². The van der Waals surface area contributed by atoms with Crippen molar-refractivity contribution in [2.45, 2.75) is 13.0 Å². The number of nitrogens with one attached hydrogen (secondary N) is 1. The second kappa shape index (κ2) is 4.85. The zero-order chi connectivity index (χ0) is 11.4. The van der Waals surface area contributed by atoms with Gasteiger partial charge in [-0.25, -0.2) is 4.98 Å². The highest BCUT2D eigenvalue weighted by Crippen LogP contribution is 2.11. The number of amides is 1. The maximum Gasteiger partial charge on any atom is 0.271 e. The molecule has 2 aromatic heterocycles. The van der Waals surface area contributed by atoms with Crippen LogP contribution in [0.1, 0.15) is 29.0 Å². The summed E-state index contributed by atoms with van der Waals surface area (Å²) >= 11 is 1.41. The first-order valence-corrected chi connectivity index (χ1v) is 5.80. The average Bonchev–Trinajstić information content (AvgIpc) is 2.83. The molecule has 16 heavy (non-hydrogen) atoms. The first-order valence-electron chi connectivity index (χ1n) is 4.86. The summed E-state index contributed by atoms with van der Waals surface area (Å²) in [6.45, 7) is 1.92. The Morgan fingerprint density at radius 1 is 1.56 bits per heavy atom. The number of hydrogen-bond donors (Lipinski definition) is 1. The van der Waals surface area contributed by atoms with Crippen molar-refractivity contribution in [1.29, 1.82) is 0 Å². The lowest BCUT2D eigenvalue weighted by Crippen LogP contribution is -2.26. The van der Waals surface area contributed by atoms with Gasteiger partial charge in [0.05, 0.1) is 11.6 Å². The van der Waals surface area contributed by atoms with E-state index in [0.717, 1.165) is 5.56 Å². The zero-order valence-electron chi connectivity index (χ0n) is 8.75. The van der Waals surface area contributed by atoms with Gasteiger partial charge in [0.1, 0.15) is 5.69 Å². The average molecular weight is 233 g/mol. The highest BCUT2D eigenvalue weighted by Gasteiger charge is 2.12. The molecule has 0 bridgehead atoms. The molecule has 2 rings (SSSR count). The quantitative estimate of drug-likeness (QED) is 0.882. The molecule has 0 fully saturated rings. The zero-order valence-corrected chi connectivity index (χ0v) is 9.57. The maximum atomic E-state index is 11.7. The molecule has 0 aromatic carbocycles. The molecular weight excluding hydrogens is 222 g/mol. The van der Waals surface area contributed by atoms with Crippen LogP contribution in [0.5, 0.6) is 0 Å². The number of aromatic nitrogens is 2. The normalized spacial score (nSPS) is 12.1. The van der Waals surface area contributed by atoms with Gasteiger partial charge in [-0.05, 0) is 18.6 Å². The molecule has 2 aromatic rings. The standard InChI is InChI=1S/C11H11N3OS/c1-8(9-3-2-4-12-5-9)14-11(15)10-6-16-7-13-10/h2-8H,1H3,(H,14,15). The molecule has 1 unspecified atom stereocenters. The summed E-state index contributed by atoms with van der Waals surface area (Å²) in [5.74, 6) is -0.155. The summed E-state index contributed by atoms with van der Waals surface area (Å²) in [5, 5.41) is 4.59. The van der Waals surface area contributed by atoms with Crippen molar-refractivity contribution >= 4 is 17.2 Å². The van der Waals surface area contributed by atoms with E-state index >= 15 is 0 Å². The SMILES string of the molecule is CC(NC(=O)c1cscn1)c1cccnc1. The number of thiazole rings is 1. The number of pyridine rings is 1. The van der Waals surface area contributed by atoms with Crippen molar-refractivity contribution < 1.29 is 4.79 Å². The molecule has 0 aliphatic carbocycles. The van der Waals surface area contributed by atoms with Gasteiger partial charge in [0, 0.05) is 17.8 Å². The summed E-state index contributed by atoms with van der Waals surface area (Å²) in [5.41, 5.74) is 3.08. The van der Waals surface area contributed by atoms with Gasteiger partial charge >= 0.3 is 0 Å². The van der Waals surface area contributed by atoms with Gasteiger partial charge < -0.3 is 5.32 Å². The lowest BCUT2D eigenvalue weighted by atomic mass is 10.1. The summed E-state index contributed by atoms with van der Waals surface area (Å²) < 4.78 is 0. The van der Waals surface area contributed by atoms with E-state index in [0.29, 0.717) is 5.69 Å². The van der Waals surface area contributed by atoms with E-state index in [4.69, 9.17) is 0 Å². The fourth-order valence-corrected chi connectivity index (χ4v) is 1.84. The Bertz CT molecular complexity index is 455. The smallest absolute Gasteiger partial charge is 0.271 e. The minimum atomic E-state index is -0.155. The van der Waals surface area contributed by atoms with Gasteiger partial charge in [0.2, 0.25) is 0 Å². The molecule has 82 valence electrons.